The van der Waals surface area contributed by atoms with Crippen LogP contribution in [0.2, 0.25) is 0 Å². The highest BCUT2D eigenvalue weighted by Gasteiger charge is 2.24. The number of aliphatic carboxylic acids is 1. The number of carboxylic acids is 1. The number of halogens is 1. The number of hydrogen-bond donors (Lipinski definition) is 2. The molecule has 6 heteroatoms. The first-order valence-electron chi connectivity index (χ1n) is 6.14. The van der Waals surface area contributed by atoms with Gasteiger partial charge in [-0.2, -0.15) is 0 Å². The summed E-state index contributed by atoms with van der Waals surface area (Å²) in [4.78, 5) is 22.8. The first-order valence-corrected chi connectivity index (χ1v) is 6.93. The van der Waals surface area contributed by atoms with Gasteiger partial charge in [-0.25, -0.2) is 9.59 Å². The molecule has 0 radical (unpaired) electrons. The highest BCUT2D eigenvalue weighted by atomic mass is 79.9. The van der Waals surface area contributed by atoms with E-state index in [4.69, 9.17) is 9.84 Å². The van der Waals surface area contributed by atoms with Crippen molar-refractivity contribution in [2.75, 3.05) is 0 Å². The largest absolute Gasteiger partial charge is 0.480 e. The standard InChI is InChI=1S/C14H18BrNO4/c1-14(2,3)20-13(19)16-11(12(17)18)8-9-4-6-10(15)7-5-9/h4-7,11H,8H2,1-3H3,(H,16,19)(H,17,18). The molecule has 0 fully saturated rings. The maximum Gasteiger partial charge on any atom is 0.408 e. The lowest BCUT2D eigenvalue weighted by molar-refractivity contribution is -0.139. The fourth-order valence-electron chi connectivity index (χ4n) is 1.51. The van der Waals surface area contributed by atoms with E-state index in [0.717, 1.165) is 10.0 Å². The van der Waals surface area contributed by atoms with E-state index in [0.29, 0.717) is 0 Å². The van der Waals surface area contributed by atoms with Crippen molar-refractivity contribution in [1.29, 1.82) is 0 Å². The van der Waals surface area contributed by atoms with E-state index < -0.39 is 23.7 Å². The third-order valence-electron chi connectivity index (χ3n) is 2.34. The summed E-state index contributed by atoms with van der Waals surface area (Å²) in [6.07, 6.45) is -0.538. The molecule has 1 unspecified atom stereocenters. The zero-order chi connectivity index (χ0) is 15.3. The third kappa shape index (κ3) is 6.06. The molecule has 0 bridgehead atoms. The lowest BCUT2D eigenvalue weighted by Gasteiger charge is -2.22. The van der Waals surface area contributed by atoms with Gasteiger partial charge in [0, 0.05) is 10.9 Å². The molecule has 1 aromatic carbocycles. The molecular weight excluding hydrogens is 326 g/mol. The van der Waals surface area contributed by atoms with Crippen LogP contribution in [0.1, 0.15) is 26.3 Å². The lowest BCUT2D eigenvalue weighted by Crippen LogP contribution is -2.44. The highest BCUT2D eigenvalue weighted by molar-refractivity contribution is 9.10. The number of rotatable bonds is 4. The molecule has 0 spiro atoms. The van der Waals surface area contributed by atoms with Crippen LogP contribution < -0.4 is 5.32 Å². The SMILES string of the molecule is CC(C)(C)OC(=O)NC(Cc1ccc(Br)cc1)C(=O)O. The summed E-state index contributed by atoms with van der Waals surface area (Å²) in [5, 5.41) is 11.5. The Labute approximate surface area is 126 Å². The number of ether oxygens (including phenoxy) is 1. The van der Waals surface area contributed by atoms with E-state index in [9.17, 15) is 9.59 Å². The second-order valence-corrected chi connectivity index (χ2v) is 6.28. The zero-order valence-corrected chi connectivity index (χ0v) is 13.2. The number of hydrogen-bond acceptors (Lipinski definition) is 3. The number of carbonyl (C=O) groups excluding carboxylic acids is 1. The predicted octanol–water partition coefficient (Wildman–Crippen LogP) is 2.97. The van der Waals surface area contributed by atoms with E-state index in [-0.39, 0.29) is 6.42 Å². The van der Waals surface area contributed by atoms with Crippen LogP contribution in [0.25, 0.3) is 0 Å². The predicted molar refractivity (Wildman–Crippen MR) is 78.6 cm³/mol. The lowest BCUT2D eigenvalue weighted by atomic mass is 10.1. The third-order valence-corrected chi connectivity index (χ3v) is 2.87. The maximum absolute atomic E-state index is 11.6. The smallest absolute Gasteiger partial charge is 0.408 e. The highest BCUT2D eigenvalue weighted by Crippen LogP contribution is 2.12. The van der Waals surface area contributed by atoms with Crippen molar-refractivity contribution in [3.05, 3.63) is 34.3 Å². The number of nitrogens with one attached hydrogen (secondary N) is 1. The van der Waals surface area contributed by atoms with Gasteiger partial charge in [-0.05, 0) is 38.5 Å². The molecule has 1 atom stereocenters. The van der Waals surface area contributed by atoms with E-state index >= 15 is 0 Å². The van der Waals surface area contributed by atoms with E-state index in [2.05, 4.69) is 21.2 Å². The minimum Gasteiger partial charge on any atom is -0.480 e. The van der Waals surface area contributed by atoms with Gasteiger partial charge in [0.15, 0.2) is 0 Å². The summed E-state index contributed by atoms with van der Waals surface area (Å²) in [6.45, 7) is 5.16. The van der Waals surface area contributed by atoms with Crippen molar-refractivity contribution in [3.8, 4) is 0 Å². The Morgan fingerprint density at radius 1 is 1.30 bits per heavy atom. The first-order chi connectivity index (χ1) is 9.17. The van der Waals surface area contributed by atoms with Crippen molar-refractivity contribution in [3.63, 3.8) is 0 Å². The molecule has 1 aromatic rings. The monoisotopic (exact) mass is 343 g/mol. The Hall–Kier alpha value is -1.56. The van der Waals surface area contributed by atoms with Gasteiger partial charge in [-0.3, -0.25) is 0 Å². The molecule has 0 saturated heterocycles. The van der Waals surface area contributed by atoms with Gasteiger partial charge in [0.25, 0.3) is 0 Å². The molecule has 5 nitrogen and oxygen atoms in total. The summed E-state index contributed by atoms with van der Waals surface area (Å²) in [5.41, 5.74) is 0.154. The van der Waals surface area contributed by atoms with Crippen LogP contribution >= 0.6 is 15.9 Å². The second-order valence-electron chi connectivity index (χ2n) is 5.37. The van der Waals surface area contributed by atoms with Gasteiger partial charge in [0.2, 0.25) is 0 Å². The molecule has 1 amide bonds. The minimum atomic E-state index is -1.10. The summed E-state index contributed by atoms with van der Waals surface area (Å²) in [7, 11) is 0. The number of amides is 1. The molecule has 110 valence electrons. The van der Waals surface area contributed by atoms with E-state index in [1.54, 1.807) is 32.9 Å². The van der Waals surface area contributed by atoms with Gasteiger partial charge in [0.1, 0.15) is 11.6 Å². The number of alkyl carbamates (subject to hydrolysis) is 1. The van der Waals surface area contributed by atoms with Crippen molar-refractivity contribution < 1.29 is 19.4 Å². The molecule has 0 aliphatic carbocycles. The van der Waals surface area contributed by atoms with Crippen LogP contribution in [0.4, 0.5) is 4.79 Å². The zero-order valence-electron chi connectivity index (χ0n) is 11.6. The van der Waals surface area contributed by atoms with E-state index in [1.165, 1.54) is 0 Å². The summed E-state index contributed by atoms with van der Waals surface area (Å²) < 4.78 is 5.96. The average Bonchev–Trinajstić information content (AvgIpc) is 2.28. The Bertz CT molecular complexity index is 479. The van der Waals surface area contributed by atoms with Crippen LogP contribution in [-0.4, -0.2) is 28.8 Å². The van der Waals surface area contributed by atoms with Gasteiger partial charge in [-0.1, -0.05) is 28.1 Å². The van der Waals surface area contributed by atoms with Crippen LogP contribution in [0.3, 0.4) is 0 Å². The van der Waals surface area contributed by atoms with Gasteiger partial charge < -0.3 is 15.2 Å². The molecular formula is C14H18BrNO4. The molecule has 2 N–H and O–H groups in total. The Morgan fingerprint density at radius 3 is 2.30 bits per heavy atom. The number of benzene rings is 1. The number of carbonyl (C=O) groups is 2. The van der Waals surface area contributed by atoms with Crippen LogP contribution in [-0.2, 0) is 16.0 Å². The minimum absolute atomic E-state index is 0.196. The summed E-state index contributed by atoms with van der Waals surface area (Å²) >= 11 is 3.31. The van der Waals surface area contributed by atoms with Crippen molar-refractivity contribution >= 4 is 28.0 Å². The maximum atomic E-state index is 11.6. The molecule has 0 aliphatic rings. The Kier molecular flexibility index (Phi) is 5.56. The Morgan fingerprint density at radius 2 is 1.85 bits per heavy atom. The summed E-state index contributed by atoms with van der Waals surface area (Å²) in [5.74, 6) is -1.10. The van der Waals surface area contributed by atoms with Gasteiger partial charge in [-0.15, -0.1) is 0 Å². The van der Waals surface area contributed by atoms with Crippen molar-refractivity contribution in [2.24, 2.45) is 0 Å². The van der Waals surface area contributed by atoms with Crippen LogP contribution in [0, 0.1) is 0 Å². The summed E-state index contributed by atoms with van der Waals surface area (Å²) in [6, 6.07) is 6.22. The quantitative estimate of drug-likeness (QED) is 0.881. The first kappa shape index (κ1) is 16.5. The van der Waals surface area contributed by atoms with Crippen molar-refractivity contribution in [2.45, 2.75) is 38.8 Å². The fourth-order valence-corrected chi connectivity index (χ4v) is 1.77. The van der Waals surface area contributed by atoms with E-state index in [1.807, 2.05) is 12.1 Å². The molecule has 0 saturated carbocycles. The molecule has 20 heavy (non-hydrogen) atoms. The molecule has 0 aromatic heterocycles. The van der Waals surface area contributed by atoms with Gasteiger partial charge >= 0.3 is 12.1 Å². The molecule has 0 aliphatic heterocycles. The second kappa shape index (κ2) is 6.74. The average molecular weight is 344 g/mol. The molecule has 0 heterocycles. The fraction of sp³-hybridized carbons (Fsp3) is 0.429. The Balaban J connectivity index is 2.68. The van der Waals surface area contributed by atoms with Crippen LogP contribution in [0.15, 0.2) is 28.7 Å². The van der Waals surface area contributed by atoms with Crippen molar-refractivity contribution in [1.82, 2.24) is 5.32 Å². The van der Waals surface area contributed by atoms with Crippen LogP contribution in [0.5, 0.6) is 0 Å². The van der Waals surface area contributed by atoms with Gasteiger partial charge in [0.05, 0.1) is 0 Å². The number of carboxylic acid groups (broad SMARTS) is 1. The normalized spacial score (nSPS) is 12.6. The molecule has 1 rings (SSSR count). The topological polar surface area (TPSA) is 75.6 Å².